The van der Waals surface area contributed by atoms with Crippen LogP contribution in [0.25, 0.3) is 0 Å². The molecule has 0 amide bonds. The molecule has 2 unspecified atom stereocenters. The fraction of sp³-hybridized carbons (Fsp3) is 1.00. The lowest BCUT2D eigenvalue weighted by molar-refractivity contribution is 0.226. The molecule has 0 aliphatic heterocycles. The third kappa shape index (κ3) is 3.76. The molecule has 1 aliphatic rings. The molecule has 0 aromatic heterocycles. The maximum Gasteiger partial charge on any atom is 0.211 e. The van der Waals surface area contributed by atoms with Crippen molar-refractivity contribution in [2.75, 3.05) is 5.75 Å². The summed E-state index contributed by atoms with van der Waals surface area (Å²) in [6.45, 7) is 6.06. The minimum atomic E-state index is -3.04. The van der Waals surface area contributed by atoms with Gasteiger partial charge in [-0.1, -0.05) is 26.7 Å². The van der Waals surface area contributed by atoms with E-state index in [0.29, 0.717) is 11.8 Å². The van der Waals surface area contributed by atoms with Gasteiger partial charge in [0.2, 0.25) is 10.0 Å². The summed E-state index contributed by atoms with van der Waals surface area (Å²) in [4.78, 5) is 0. The first-order valence-electron chi connectivity index (χ1n) is 5.96. The zero-order valence-electron chi connectivity index (χ0n) is 9.99. The Morgan fingerprint density at radius 3 is 2.40 bits per heavy atom. The number of rotatable bonds is 4. The number of sulfonamides is 1. The predicted molar refractivity (Wildman–Crippen MR) is 63.2 cm³/mol. The fourth-order valence-corrected chi connectivity index (χ4v) is 3.34. The van der Waals surface area contributed by atoms with E-state index in [-0.39, 0.29) is 11.8 Å². The van der Waals surface area contributed by atoms with E-state index < -0.39 is 10.0 Å². The van der Waals surface area contributed by atoms with Crippen LogP contribution in [0, 0.1) is 11.8 Å². The largest absolute Gasteiger partial charge is 0.212 e. The second-order valence-corrected chi connectivity index (χ2v) is 6.86. The molecule has 1 N–H and O–H groups in total. The van der Waals surface area contributed by atoms with Crippen LogP contribution in [0.2, 0.25) is 0 Å². The van der Waals surface area contributed by atoms with E-state index in [0.717, 1.165) is 19.3 Å². The molecule has 1 saturated carbocycles. The van der Waals surface area contributed by atoms with Crippen LogP contribution in [0.15, 0.2) is 0 Å². The van der Waals surface area contributed by atoms with Crippen LogP contribution < -0.4 is 4.72 Å². The molecule has 0 aromatic carbocycles. The average Bonchev–Trinajstić information content (AvgIpc) is 2.18. The third-order valence-corrected chi connectivity index (χ3v) is 4.81. The summed E-state index contributed by atoms with van der Waals surface area (Å²) in [6.07, 6.45) is 4.56. The van der Waals surface area contributed by atoms with Crippen molar-refractivity contribution in [3.05, 3.63) is 0 Å². The Bertz CT molecular complexity index is 285. The zero-order chi connectivity index (χ0) is 11.5. The molecule has 90 valence electrons. The van der Waals surface area contributed by atoms with E-state index in [4.69, 9.17) is 0 Å². The van der Waals surface area contributed by atoms with Crippen LogP contribution in [-0.4, -0.2) is 20.2 Å². The van der Waals surface area contributed by atoms with Crippen molar-refractivity contribution in [1.82, 2.24) is 4.72 Å². The highest BCUT2D eigenvalue weighted by molar-refractivity contribution is 7.89. The molecule has 0 saturated heterocycles. The van der Waals surface area contributed by atoms with Crippen molar-refractivity contribution in [2.45, 2.75) is 52.5 Å². The van der Waals surface area contributed by atoms with Crippen LogP contribution in [-0.2, 0) is 10.0 Å². The van der Waals surface area contributed by atoms with Gasteiger partial charge in [-0.2, -0.15) is 0 Å². The van der Waals surface area contributed by atoms with E-state index in [1.165, 1.54) is 6.42 Å². The van der Waals surface area contributed by atoms with Gasteiger partial charge in [0.05, 0.1) is 5.75 Å². The highest BCUT2D eigenvalue weighted by atomic mass is 32.2. The van der Waals surface area contributed by atoms with Gasteiger partial charge in [0.25, 0.3) is 0 Å². The molecule has 0 spiro atoms. The quantitative estimate of drug-likeness (QED) is 0.808. The monoisotopic (exact) mass is 233 g/mol. The topological polar surface area (TPSA) is 46.2 Å². The summed E-state index contributed by atoms with van der Waals surface area (Å²) < 4.78 is 25.9. The molecule has 0 aromatic rings. The fourth-order valence-electron chi connectivity index (χ4n) is 2.42. The Balaban J connectivity index is 2.65. The summed E-state index contributed by atoms with van der Waals surface area (Å²) in [7, 11) is -3.04. The van der Waals surface area contributed by atoms with Crippen molar-refractivity contribution in [3.63, 3.8) is 0 Å². The Hall–Kier alpha value is -0.0900. The Labute approximate surface area is 93.7 Å². The van der Waals surface area contributed by atoms with Crippen LogP contribution >= 0.6 is 0 Å². The lowest BCUT2D eigenvalue weighted by Gasteiger charge is -2.34. The van der Waals surface area contributed by atoms with Crippen molar-refractivity contribution in [1.29, 1.82) is 0 Å². The Morgan fingerprint density at radius 1 is 1.27 bits per heavy atom. The highest BCUT2D eigenvalue weighted by Gasteiger charge is 2.29. The molecule has 0 heterocycles. The molecule has 15 heavy (non-hydrogen) atoms. The van der Waals surface area contributed by atoms with Gasteiger partial charge >= 0.3 is 0 Å². The van der Waals surface area contributed by atoms with Gasteiger partial charge in [-0.05, 0) is 31.6 Å². The predicted octanol–water partition coefficient (Wildman–Crippen LogP) is 2.14. The van der Waals surface area contributed by atoms with Crippen LogP contribution in [0.4, 0.5) is 0 Å². The molecule has 0 bridgehead atoms. The molecular weight excluding hydrogens is 210 g/mol. The van der Waals surface area contributed by atoms with E-state index >= 15 is 0 Å². The van der Waals surface area contributed by atoms with E-state index in [1.54, 1.807) is 6.92 Å². The standard InChI is InChI=1S/C11H23NO2S/c1-4-15(13,14)12-11-8-6-5-7-10(11)9(2)3/h9-12H,4-8H2,1-3H3. The molecule has 4 heteroatoms. The van der Waals surface area contributed by atoms with Crippen LogP contribution in [0.3, 0.4) is 0 Å². The molecule has 3 nitrogen and oxygen atoms in total. The summed E-state index contributed by atoms with van der Waals surface area (Å²) in [5.74, 6) is 1.27. The van der Waals surface area contributed by atoms with E-state index in [2.05, 4.69) is 18.6 Å². The van der Waals surface area contributed by atoms with Gasteiger partial charge < -0.3 is 0 Å². The van der Waals surface area contributed by atoms with Gasteiger partial charge in [-0.25, -0.2) is 13.1 Å². The minimum Gasteiger partial charge on any atom is -0.212 e. The average molecular weight is 233 g/mol. The van der Waals surface area contributed by atoms with Crippen molar-refractivity contribution in [3.8, 4) is 0 Å². The zero-order valence-corrected chi connectivity index (χ0v) is 10.8. The third-order valence-electron chi connectivity index (χ3n) is 3.39. The first-order valence-corrected chi connectivity index (χ1v) is 7.61. The lowest BCUT2D eigenvalue weighted by Crippen LogP contribution is -2.44. The van der Waals surface area contributed by atoms with E-state index in [9.17, 15) is 8.42 Å². The summed E-state index contributed by atoms with van der Waals surface area (Å²) in [5.41, 5.74) is 0. The smallest absolute Gasteiger partial charge is 0.211 e. The first-order chi connectivity index (χ1) is 6.96. The normalized spacial score (nSPS) is 28.3. The SMILES string of the molecule is CCS(=O)(=O)NC1CCCCC1C(C)C. The molecule has 2 atom stereocenters. The van der Waals surface area contributed by atoms with Crippen molar-refractivity contribution in [2.24, 2.45) is 11.8 Å². The maximum absolute atomic E-state index is 11.5. The van der Waals surface area contributed by atoms with Crippen molar-refractivity contribution < 1.29 is 8.42 Å². The second kappa shape index (κ2) is 5.30. The summed E-state index contributed by atoms with van der Waals surface area (Å²) >= 11 is 0. The molecule has 1 rings (SSSR count). The van der Waals surface area contributed by atoms with Gasteiger partial charge in [0.15, 0.2) is 0 Å². The Morgan fingerprint density at radius 2 is 1.87 bits per heavy atom. The van der Waals surface area contributed by atoms with Crippen LogP contribution in [0.1, 0.15) is 46.5 Å². The Kier molecular flexibility index (Phi) is 4.59. The summed E-state index contributed by atoms with van der Waals surface area (Å²) in [6, 6.07) is 0.170. The number of hydrogen-bond donors (Lipinski definition) is 1. The first kappa shape index (κ1) is 13.0. The maximum atomic E-state index is 11.5. The number of hydrogen-bond acceptors (Lipinski definition) is 2. The highest BCUT2D eigenvalue weighted by Crippen LogP contribution is 2.30. The number of nitrogens with one attached hydrogen (secondary N) is 1. The van der Waals surface area contributed by atoms with E-state index in [1.807, 2.05) is 0 Å². The summed E-state index contributed by atoms with van der Waals surface area (Å²) in [5, 5.41) is 0. The van der Waals surface area contributed by atoms with Crippen LogP contribution in [0.5, 0.6) is 0 Å². The van der Waals surface area contributed by atoms with Crippen molar-refractivity contribution >= 4 is 10.0 Å². The molecule has 1 aliphatic carbocycles. The molecular formula is C11H23NO2S. The van der Waals surface area contributed by atoms with Gasteiger partial charge in [0, 0.05) is 6.04 Å². The van der Waals surface area contributed by atoms with Gasteiger partial charge in [0.1, 0.15) is 0 Å². The second-order valence-electron chi connectivity index (χ2n) is 4.82. The van der Waals surface area contributed by atoms with Gasteiger partial charge in [-0.3, -0.25) is 0 Å². The minimum absolute atomic E-state index is 0.170. The van der Waals surface area contributed by atoms with Gasteiger partial charge in [-0.15, -0.1) is 0 Å². The molecule has 1 fully saturated rings. The lowest BCUT2D eigenvalue weighted by atomic mass is 9.78. The molecule has 0 radical (unpaired) electrons.